The van der Waals surface area contributed by atoms with Crippen molar-refractivity contribution in [3.8, 4) is 5.88 Å². The van der Waals surface area contributed by atoms with Crippen molar-refractivity contribution < 1.29 is 9.84 Å². The van der Waals surface area contributed by atoms with E-state index in [0.717, 1.165) is 33.4 Å². The molecule has 0 saturated heterocycles. The number of nitrogens with zero attached hydrogens (tertiary/aromatic N) is 1. The van der Waals surface area contributed by atoms with Crippen molar-refractivity contribution in [1.82, 2.24) is 4.98 Å². The molecule has 2 N–H and O–H groups in total. The molecule has 0 amide bonds. The molecule has 0 bridgehead atoms. The minimum Gasteiger partial charge on any atom is -0.494 e. The Balaban J connectivity index is 1.93. The lowest BCUT2D eigenvalue weighted by Gasteiger charge is -2.08. The van der Waals surface area contributed by atoms with Crippen LogP contribution in [0.25, 0.3) is 10.9 Å². The molecule has 0 unspecified atom stereocenters. The fourth-order valence-corrected chi connectivity index (χ4v) is 3.24. The van der Waals surface area contributed by atoms with Crippen LogP contribution >= 0.6 is 0 Å². The van der Waals surface area contributed by atoms with Crippen molar-refractivity contribution in [3.05, 3.63) is 95.6 Å². The van der Waals surface area contributed by atoms with Crippen LogP contribution in [0.4, 0.5) is 5.69 Å². The van der Waals surface area contributed by atoms with E-state index in [1.54, 1.807) is 7.11 Å². The van der Waals surface area contributed by atoms with E-state index < -0.39 is 0 Å². The standard InChI is InChI=1S/C23H20N2O2/c1-27-15-16-8-7-11-18(14-16)24-22(17-9-3-2-4-10-17)21-19-12-5-6-13-20(19)25-23(21)26/h2-14,25-26H,15H2,1H3. The normalized spacial score (nSPS) is 11.8. The van der Waals surface area contributed by atoms with Crippen molar-refractivity contribution in [3.63, 3.8) is 0 Å². The molecule has 4 nitrogen and oxygen atoms in total. The van der Waals surface area contributed by atoms with E-state index in [1.165, 1.54) is 0 Å². The number of rotatable bonds is 5. The Kier molecular flexibility index (Phi) is 4.73. The van der Waals surface area contributed by atoms with Gasteiger partial charge in [-0.25, -0.2) is 4.99 Å². The molecular weight excluding hydrogens is 336 g/mol. The molecule has 3 aromatic carbocycles. The predicted molar refractivity (Wildman–Crippen MR) is 109 cm³/mol. The molecule has 1 heterocycles. The first-order valence-electron chi connectivity index (χ1n) is 8.78. The van der Waals surface area contributed by atoms with Crippen molar-refractivity contribution in [2.75, 3.05) is 7.11 Å². The molecule has 134 valence electrons. The van der Waals surface area contributed by atoms with Gasteiger partial charge in [0, 0.05) is 23.6 Å². The molecule has 0 fully saturated rings. The van der Waals surface area contributed by atoms with Gasteiger partial charge in [0.15, 0.2) is 5.88 Å². The third-order valence-corrected chi connectivity index (χ3v) is 4.43. The maximum atomic E-state index is 10.6. The number of H-pyrrole nitrogens is 1. The van der Waals surface area contributed by atoms with Crippen LogP contribution in [0.15, 0.2) is 83.9 Å². The molecule has 0 aliphatic carbocycles. The van der Waals surface area contributed by atoms with Crippen LogP contribution in [0.1, 0.15) is 16.7 Å². The van der Waals surface area contributed by atoms with Gasteiger partial charge in [0.05, 0.1) is 23.6 Å². The number of ether oxygens (including phenoxy) is 1. The zero-order valence-electron chi connectivity index (χ0n) is 15.0. The second kappa shape index (κ2) is 7.48. The lowest BCUT2D eigenvalue weighted by Crippen LogP contribution is -2.02. The van der Waals surface area contributed by atoms with E-state index in [1.807, 2.05) is 78.9 Å². The Morgan fingerprint density at radius 3 is 2.56 bits per heavy atom. The number of hydrogen-bond donors (Lipinski definition) is 2. The summed E-state index contributed by atoms with van der Waals surface area (Å²) < 4.78 is 5.23. The molecule has 0 aliphatic heterocycles. The molecular formula is C23H20N2O2. The molecule has 0 atom stereocenters. The Morgan fingerprint density at radius 2 is 1.74 bits per heavy atom. The molecule has 0 saturated carbocycles. The van der Waals surface area contributed by atoms with Gasteiger partial charge in [-0.1, -0.05) is 60.7 Å². The van der Waals surface area contributed by atoms with Crippen LogP contribution in [0.3, 0.4) is 0 Å². The summed E-state index contributed by atoms with van der Waals surface area (Å²) in [7, 11) is 1.68. The first-order valence-corrected chi connectivity index (χ1v) is 8.78. The highest BCUT2D eigenvalue weighted by atomic mass is 16.5. The monoisotopic (exact) mass is 356 g/mol. The van der Waals surface area contributed by atoms with Gasteiger partial charge in [-0.05, 0) is 23.8 Å². The number of hydrogen-bond acceptors (Lipinski definition) is 3. The largest absolute Gasteiger partial charge is 0.494 e. The van der Waals surface area contributed by atoms with Crippen molar-refractivity contribution in [2.45, 2.75) is 6.61 Å². The van der Waals surface area contributed by atoms with Crippen LogP contribution in [0, 0.1) is 0 Å². The summed E-state index contributed by atoms with van der Waals surface area (Å²) >= 11 is 0. The molecule has 4 rings (SSSR count). The number of aromatic amines is 1. The molecule has 0 spiro atoms. The summed E-state index contributed by atoms with van der Waals surface area (Å²) in [5.41, 5.74) is 5.10. The Bertz CT molecular complexity index is 1100. The van der Waals surface area contributed by atoms with Gasteiger partial charge in [-0.2, -0.15) is 0 Å². The first kappa shape index (κ1) is 17.1. The van der Waals surface area contributed by atoms with Crippen LogP contribution in [0.5, 0.6) is 5.88 Å². The third kappa shape index (κ3) is 3.48. The number of aromatic hydroxyl groups is 1. The molecule has 4 heteroatoms. The zero-order chi connectivity index (χ0) is 18.6. The summed E-state index contributed by atoms with van der Waals surface area (Å²) in [6.07, 6.45) is 0. The lowest BCUT2D eigenvalue weighted by atomic mass is 10.0. The Hall–Kier alpha value is -3.37. The van der Waals surface area contributed by atoms with E-state index in [9.17, 15) is 5.11 Å². The highest BCUT2D eigenvalue weighted by molar-refractivity contribution is 6.21. The summed E-state index contributed by atoms with van der Waals surface area (Å²) in [5, 5.41) is 11.6. The van der Waals surface area contributed by atoms with Crippen LogP contribution in [-0.4, -0.2) is 22.9 Å². The van der Waals surface area contributed by atoms with E-state index in [4.69, 9.17) is 9.73 Å². The van der Waals surface area contributed by atoms with E-state index >= 15 is 0 Å². The van der Waals surface area contributed by atoms with Gasteiger partial charge in [-0.15, -0.1) is 0 Å². The maximum Gasteiger partial charge on any atom is 0.199 e. The molecule has 0 radical (unpaired) electrons. The molecule has 1 aromatic heterocycles. The minimum atomic E-state index is 0.117. The Morgan fingerprint density at radius 1 is 0.963 bits per heavy atom. The molecule has 27 heavy (non-hydrogen) atoms. The average molecular weight is 356 g/mol. The molecule has 0 aliphatic rings. The highest BCUT2D eigenvalue weighted by Gasteiger charge is 2.18. The van der Waals surface area contributed by atoms with Gasteiger partial charge in [-0.3, -0.25) is 0 Å². The first-order chi connectivity index (χ1) is 13.3. The second-order valence-corrected chi connectivity index (χ2v) is 6.32. The number of nitrogens with one attached hydrogen (secondary N) is 1. The van der Waals surface area contributed by atoms with Gasteiger partial charge >= 0.3 is 0 Å². The quantitative estimate of drug-likeness (QED) is 0.484. The smallest absolute Gasteiger partial charge is 0.199 e. The van der Waals surface area contributed by atoms with Crippen molar-refractivity contribution >= 4 is 22.3 Å². The van der Waals surface area contributed by atoms with Gasteiger partial charge in [0.25, 0.3) is 0 Å². The SMILES string of the molecule is COCc1cccc(N=C(c2ccccc2)c2c(O)[nH]c3ccccc23)c1. The van der Waals surface area contributed by atoms with Crippen LogP contribution in [0.2, 0.25) is 0 Å². The second-order valence-electron chi connectivity index (χ2n) is 6.32. The number of para-hydroxylation sites is 1. The lowest BCUT2D eigenvalue weighted by molar-refractivity contribution is 0.185. The van der Waals surface area contributed by atoms with Gasteiger partial charge in [0.2, 0.25) is 0 Å². The van der Waals surface area contributed by atoms with Crippen molar-refractivity contribution in [1.29, 1.82) is 0 Å². The van der Waals surface area contributed by atoms with E-state index in [2.05, 4.69) is 4.98 Å². The zero-order valence-corrected chi connectivity index (χ0v) is 15.0. The van der Waals surface area contributed by atoms with E-state index in [-0.39, 0.29) is 5.88 Å². The van der Waals surface area contributed by atoms with Gasteiger partial charge in [0.1, 0.15) is 0 Å². The number of benzene rings is 3. The summed E-state index contributed by atoms with van der Waals surface area (Å²) in [4.78, 5) is 7.96. The topological polar surface area (TPSA) is 57.6 Å². The average Bonchev–Trinajstić information content (AvgIpc) is 3.03. The van der Waals surface area contributed by atoms with Gasteiger partial charge < -0.3 is 14.8 Å². The summed E-state index contributed by atoms with van der Waals surface area (Å²) in [6.45, 7) is 0.530. The van der Waals surface area contributed by atoms with E-state index in [0.29, 0.717) is 12.2 Å². The fraction of sp³-hybridized carbons (Fsp3) is 0.0870. The summed E-state index contributed by atoms with van der Waals surface area (Å²) in [5.74, 6) is 0.117. The molecule has 4 aromatic rings. The highest BCUT2D eigenvalue weighted by Crippen LogP contribution is 2.31. The summed E-state index contributed by atoms with van der Waals surface area (Å²) in [6, 6.07) is 25.7. The fourth-order valence-electron chi connectivity index (χ4n) is 3.24. The van der Waals surface area contributed by atoms with Crippen molar-refractivity contribution in [2.24, 2.45) is 4.99 Å². The minimum absolute atomic E-state index is 0.117. The number of fused-ring (bicyclic) bond motifs is 1. The number of aromatic nitrogens is 1. The number of methoxy groups -OCH3 is 1. The maximum absolute atomic E-state index is 10.6. The van der Waals surface area contributed by atoms with Crippen LogP contribution < -0.4 is 0 Å². The number of aliphatic imine (C=N–C) groups is 1. The third-order valence-electron chi connectivity index (χ3n) is 4.43. The van der Waals surface area contributed by atoms with Crippen LogP contribution in [-0.2, 0) is 11.3 Å². The predicted octanol–water partition coefficient (Wildman–Crippen LogP) is 5.19. The Labute approximate surface area is 157 Å².